The van der Waals surface area contributed by atoms with Crippen molar-refractivity contribution in [2.24, 2.45) is 0 Å². The first kappa shape index (κ1) is 16.4. The van der Waals surface area contributed by atoms with Crippen molar-refractivity contribution in [3.05, 3.63) is 54.0 Å². The first-order valence-corrected chi connectivity index (χ1v) is 8.16. The lowest BCUT2D eigenvalue weighted by atomic mass is 10.0. The van der Waals surface area contributed by atoms with E-state index in [9.17, 15) is 4.79 Å². The third kappa shape index (κ3) is 4.52. The summed E-state index contributed by atoms with van der Waals surface area (Å²) in [5, 5.41) is 6.45. The predicted octanol–water partition coefficient (Wildman–Crippen LogP) is 1.71. The highest BCUT2D eigenvalue weighted by Gasteiger charge is 2.27. The van der Waals surface area contributed by atoms with Gasteiger partial charge < -0.3 is 15.4 Å². The Hall–Kier alpha value is -2.47. The molecule has 6 nitrogen and oxygen atoms in total. The molecule has 1 aromatic heterocycles. The van der Waals surface area contributed by atoms with Gasteiger partial charge in [-0.15, -0.1) is 0 Å². The third-order valence-electron chi connectivity index (χ3n) is 4.07. The van der Waals surface area contributed by atoms with Crippen LogP contribution in [-0.2, 0) is 16.0 Å². The van der Waals surface area contributed by atoms with Crippen molar-refractivity contribution in [2.75, 3.05) is 18.5 Å². The minimum atomic E-state index is -0.00453. The Morgan fingerprint density at radius 1 is 1.33 bits per heavy atom. The molecule has 0 saturated carbocycles. The van der Waals surface area contributed by atoms with Gasteiger partial charge in [0.1, 0.15) is 12.1 Å². The average molecular weight is 326 g/mol. The maximum atomic E-state index is 12.4. The Kier molecular flexibility index (Phi) is 5.38. The number of carbonyl (C=O) groups is 1. The van der Waals surface area contributed by atoms with Crippen molar-refractivity contribution in [1.82, 2.24) is 15.3 Å². The molecule has 0 unspecified atom stereocenters. The van der Waals surface area contributed by atoms with Crippen molar-refractivity contribution >= 4 is 11.7 Å². The quantitative estimate of drug-likeness (QED) is 0.875. The molecule has 2 N–H and O–H groups in total. The van der Waals surface area contributed by atoms with Crippen LogP contribution in [0.5, 0.6) is 0 Å². The molecule has 2 heterocycles. The number of rotatable bonds is 5. The van der Waals surface area contributed by atoms with Gasteiger partial charge in [-0.3, -0.25) is 4.79 Å². The summed E-state index contributed by atoms with van der Waals surface area (Å²) in [5.74, 6) is 0.764. The molecular formula is C18H22N4O2. The summed E-state index contributed by atoms with van der Waals surface area (Å²) >= 11 is 0. The lowest BCUT2D eigenvalue weighted by Gasteiger charge is -2.33. The number of benzene rings is 1. The first-order valence-electron chi connectivity index (χ1n) is 8.16. The number of ether oxygens (including phenoxy) is 1. The summed E-state index contributed by atoms with van der Waals surface area (Å²) in [6.45, 7) is 3.22. The number of nitrogens with zero attached hydrogens (tertiary/aromatic N) is 2. The van der Waals surface area contributed by atoms with E-state index < -0.39 is 0 Å². The largest absolute Gasteiger partial charge is 0.379 e. The number of carbonyl (C=O) groups excluding carboxylic acids is 1. The second-order valence-corrected chi connectivity index (χ2v) is 6.05. The SMILES string of the molecule is Cc1cccc(CC(=O)N[C@H]2CCOC[C@H]2Nc2ccncn2)c1. The minimum Gasteiger partial charge on any atom is -0.379 e. The number of amides is 1. The van der Waals surface area contributed by atoms with Gasteiger partial charge in [-0.25, -0.2) is 9.97 Å². The molecule has 1 aromatic carbocycles. The van der Waals surface area contributed by atoms with Gasteiger partial charge in [-0.1, -0.05) is 29.8 Å². The summed E-state index contributed by atoms with van der Waals surface area (Å²) in [6, 6.07) is 9.85. The van der Waals surface area contributed by atoms with Gasteiger partial charge in [0, 0.05) is 12.8 Å². The molecule has 1 saturated heterocycles. The standard InChI is InChI=1S/C18H22N4O2/c1-13-3-2-4-14(9-13)10-18(23)22-15-6-8-24-11-16(15)21-17-5-7-19-12-20-17/h2-5,7,9,12,15-16H,6,8,10-11H2,1H3,(H,22,23)(H,19,20,21)/t15-,16+/m0/s1. The lowest BCUT2D eigenvalue weighted by Crippen LogP contribution is -2.52. The zero-order valence-corrected chi connectivity index (χ0v) is 13.7. The van der Waals surface area contributed by atoms with Crippen LogP contribution in [-0.4, -0.2) is 41.2 Å². The molecule has 1 fully saturated rings. The van der Waals surface area contributed by atoms with E-state index in [-0.39, 0.29) is 18.0 Å². The number of hydrogen-bond donors (Lipinski definition) is 2. The summed E-state index contributed by atoms with van der Waals surface area (Å²) in [7, 11) is 0. The maximum absolute atomic E-state index is 12.4. The number of nitrogens with one attached hydrogen (secondary N) is 2. The zero-order valence-electron chi connectivity index (χ0n) is 13.7. The Balaban J connectivity index is 1.60. The molecular weight excluding hydrogens is 304 g/mol. The maximum Gasteiger partial charge on any atom is 0.224 e. The average Bonchev–Trinajstić information content (AvgIpc) is 2.57. The number of aromatic nitrogens is 2. The molecule has 0 aliphatic carbocycles. The van der Waals surface area contributed by atoms with Crippen LogP contribution in [0.3, 0.4) is 0 Å². The molecule has 1 aliphatic rings. The fourth-order valence-corrected chi connectivity index (χ4v) is 2.88. The van der Waals surface area contributed by atoms with E-state index >= 15 is 0 Å². The summed E-state index contributed by atoms with van der Waals surface area (Å²) in [5.41, 5.74) is 2.19. The van der Waals surface area contributed by atoms with Crippen LogP contribution in [0.15, 0.2) is 42.9 Å². The highest BCUT2D eigenvalue weighted by atomic mass is 16.5. The molecule has 1 aliphatic heterocycles. The van der Waals surface area contributed by atoms with E-state index in [1.54, 1.807) is 12.3 Å². The Morgan fingerprint density at radius 3 is 3.04 bits per heavy atom. The van der Waals surface area contributed by atoms with Gasteiger partial charge >= 0.3 is 0 Å². The number of aryl methyl sites for hydroxylation is 1. The van der Waals surface area contributed by atoms with Crippen LogP contribution < -0.4 is 10.6 Å². The first-order chi connectivity index (χ1) is 11.7. The molecule has 2 aromatic rings. The Morgan fingerprint density at radius 2 is 2.25 bits per heavy atom. The molecule has 0 spiro atoms. The second-order valence-electron chi connectivity index (χ2n) is 6.05. The lowest BCUT2D eigenvalue weighted by molar-refractivity contribution is -0.121. The van der Waals surface area contributed by atoms with Crippen LogP contribution in [0.2, 0.25) is 0 Å². The van der Waals surface area contributed by atoms with Gasteiger partial charge in [-0.2, -0.15) is 0 Å². The topological polar surface area (TPSA) is 76.1 Å². The molecule has 3 rings (SSSR count). The molecule has 2 atom stereocenters. The predicted molar refractivity (Wildman–Crippen MR) is 91.7 cm³/mol. The highest BCUT2D eigenvalue weighted by Crippen LogP contribution is 2.13. The van der Waals surface area contributed by atoms with E-state index in [2.05, 4.69) is 20.6 Å². The minimum absolute atomic E-state index is 0.00453. The number of hydrogen-bond acceptors (Lipinski definition) is 5. The molecule has 0 radical (unpaired) electrons. The second kappa shape index (κ2) is 7.88. The van der Waals surface area contributed by atoms with E-state index in [1.165, 1.54) is 6.33 Å². The monoisotopic (exact) mass is 326 g/mol. The fraction of sp³-hybridized carbons (Fsp3) is 0.389. The molecule has 1 amide bonds. The zero-order chi connectivity index (χ0) is 16.8. The van der Waals surface area contributed by atoms with Gasteiger partial charge in [-0.05, 0) is 25.0 Å². The fourth-order valence-electron chi connectivity index (χ4n) is 2.88. The molecule has 126 valence electrons. The third-order valence-corrected chi connectivity index (χ3v) is 4.07. The summed E-state index contributed by atoms with van der Waals surface area (Å²) in [4.78, 5) is 20.5. The van der Waals surface area contributed by atoms with E-state index in [0.29, 0.717) is 19.6 Å². The van der Waals surface area contributed by atoms with E-state index in [4.69, 9.17) is 4.74 Å². The molecule has 24 heavy (non-hydrogen) atoms. The highest BCUT2D eigenvalue weighted by molar-refractivity contribution is 5.79. The van der Waals surface area contributed by atoms with Crippen molar-refractivity contribution in [3.63, 3.8) is 0 Å². The Labute approximate surface area is 141 Å². The Bertz CT molecular complexity index is 678. The van der Waals surface area contributed by atoms with E-state index in [1.807, 2.05) is 31.2 Å². The van der Waals surface area contributed by atoms with Crippen molar-refractivity contribution < 1.29 is 9.53 Å². The van der Waals surface area contributed by atoms with Crippen LogP contribution in [0.25, 0.3) is 0 Å². The summed E-state index contributed by atoms with van der Waals surface area (Å²) < 4.78 is 5.54. The van der Waals surface area contributed by atoms with E-state index in [0.717, 1.165) is 23.4 Å². The van der Waals surface area contributed by atoms with Crippen LogP contribution in [0.1, 0.15) is 17.5 Å². The number of anilines is 1. The molecule has 0 bridgehead atoms. The normalized spacial score (nSPS) is 20.4. The van der Waals surface area contributed by atoms with Crippen LogP contribution in [0.4, 0.5) is 5.82 Å². The van der Waals surface area contributed by atoms with Crippen LogP contribution in [0, 0.1) is 6.92 Å². The van der Waals surface area contributed by atoms with Gasteiger partial charge in [0.2, 0.25) is 5.91 Å². The summed E-state index contributed by atoms with van der Waals surface area (Å²) in [6.07, 6.45) is 4.35. The van der Waals surface area contributed by atoms with Crippen LogP contribution >= 0.6 is 0 Å². The van der Waals surface area contributed by atoms with Gasteiger partial charge in [0.15, 0.2) is 0 Å². The van der Waals surface area contributed by atoms with Gasteiger partial charge in [0.05, 0.1) is 25.1 Å². The molecule has 6 heteroatoms. The van der Waals surface area contributed by atoms with Gasteiger partial charge in [0.25, 0.3) is 0 Å². The van der Waals surface area contributed by atoms with Crippen molar-refractivity contribution in [3.8, 4) is 0 Å². The van der Waals surface area contributed by atoms with Crippen molar-refractivity contribution in [1.29, 1.82) is 0 Å². The van der Waals surface area contributed by atoms with Crippen molar-refractivity contribution in [2.45, 2.75) is 31.8 Å². The smallest absolute Gasteiger partial charge is 0.224 e.